The smallest absolute Gasteiger partial charge is 0.410 e. The van der Waals surface area contributed by atoms with Crippen LogP contribution < -0.4 is 4.74 Å². The zero-order valence-corrected chi connectivity index (χ0v) is 11.1. The number of hydrogen-bond acceptors (Lipinski definition) is 4. The molecule has 0 unspecified atom stereocenters. The van der Waals surface area contributed by atoms with Crippen molar-refractivity contribution in [2.24, 2.45) is 0 Å². The van der Waals surface area contributed by atoms with Crippen LogP contribution in [0, 0.1) is 6.92 Å². The van der Waals surface area contributed by atoms with Gasteiger partial charge in [0.1, 0.15) is 5.75 Å². The zero-order valence-electron chi connectivity index (χ0n) is 10.3. The van der Waals surface area contributed by atoms with Crippen LogP contribution in [0.2, 0.25) is 0 Å². The quantitative estimate of drug-likeness (QED) is 0.853. The van der Waals surface area contributed by atoms with Gasteiger partial charge in [-0.1, -0.05) is 18.2 Å². The van der Waals surface area contributed by atoms with E-state index in [1.54, 1.807) is 36.0 Å². The Kier molecular flexibility index (Phi) is 3.94. The number of amides is 1. The molecule has 0 fully saturated rings. The van der Waals surface area contributed by atoms with Crippen LogP contribution in [0.1, 0.15) is 10.6 Å². The van der Waals surface area contributed by atoms with Crippen LogP contribution >= 0.6 is 11.3 Å². The minimum atomic E-state index is -0.367. The first-order valence-electron chi connectivity index (χ1n) is 5.54. The third-order valence-corrected chi connectivity index (χ3v) is 3.41. The van der Waals surface area contributed by atoms with Gasteiger partial charge in [0.05, 0.1) is 17.7 Å². The first-order chi connectivity index (χ1) is 8.66. The summed E-state index contributed by atoms with van der Waals surface area (Å²) in [5, 5.41) is 0. The Hall–Kier alpha value is -1.88. The van der Waals surface area contributed by atoms with Gasteiger partial charge in [-0.3, -0.25) is 0 Å². The Labute approximate surface area is 110 Å². The van der Waals surface area contributed by atoms with Gasteiger partial charge in [0, 0.05) is 11.9 Å². The van der Waals surface area contributed by atoms with Crippen molar-refractivity contribution < 1.29 is 9.53 Å². The molecule has 0 saturated heterocycles. The fraction of sp³-hybridized carbons (Fsp3) is 0.231. The Bertz CT molecular complexity index is 525. The molecule has 0 radical (unpaired) electrons. The van der Waals surface area contributed by atoms with Crippen molar-refractivity contribution in [3.8, 4) is 5.75 Å². The van der Waals surface area contributed by atoms with Gasteiger partial charge in [-0.25, -0.2) is 9.78 Å². The Morgan fingerprint density at radius 3 is 2.72 bits per heavy atom. The molecular weight excluding hydrogens is 248 g/mol. The molecule has 0 bridgehead atoms. The van der Waals surface area contributed by atoms with Gasteiger partial charge >= 0.3 is 6.09 Å². The number of benzene rings is 1. The molecule has 1 amide bonds. The first-order valence-corrected chi connectivity index (χ1v) is 6.41. The summed E-state index contributed by atoms with van der Waals surface area (Å²) in [5.41, 5.74) is 2.74. The highest BCUT2D eigenvalue weighted by Crippen LogP contribution is 2.15. The van der Waals surface area contributed by atoms with Gasteiger partial charge in [0.2, 0.25) is 0 Å². The van der Waals surface area contributed by atoms with Crippen molar-refractivity contribution in [3.63, 3.8) is 0 Å². The molecule has 2 aromatic rings. The topological polar surface area (TPSA) is 42.4 Å². The average molecular weight is 262 g/mol. The lowest BCUT2D eigenvalue weighted by Gasteiger charge is -2.16. The molecule has 5 heteroatoms. The predicted molar refractivity (Wildman–Crippen MR) is 70.8 cm³/mol. The Morgan fingerprint density at radius 1 is 1.39 bits per heavy atom. The summed E-state index contributed by atoms with van der Waals surface area (Å²) in [4.78, 5) is 18.6. The summed E-state index contributed by atoms with van der Waals surface area (Å²) in [5.74, 6) is 0.551. The maximum atomic E-state index is 11.8. The van der Waals surface area contributed by atoms with Crippen LogP contribution in [-0.4, -0.2) is 23.0 Å². The van der Waals surface area contributed by atoms with E-state index in [1.807, 2.05) is 25.1 Å². The number of hydrogen-bond donors (Lipinski definition) is 0. The molecule has 0 atom stereocenters. The monoisotopic (exact) mass is 262 g/mol. The maximum Gasteiger partial charge on any atom is 0.415 e. The lowest BCUT2D eigenvalue weighted by atomic mass is 10.3. The molecule has 0 spiro atoms. The predicted octanol–water partition coefficient (Wildman–Crippen LogP) is 3.08. The largest absolute Gasteiger partial charge is 0.415 e. The SMILES string of the molecule is Cc1ncsc1CN(C)C(=O)Oc1ccccc1. The average Bonchev–Trinajstić information content (AvgIpc) is 2.76. The van der Waals surface area contributed by atoms with Gasteiger partial charge in [-0.05, 0) is 19.1 Å². The number of para-hydroxylation sites is 1. The molecule has 0 saturated carbocycles. The number of carbonyl (C=O) groups is 1. The van der Waals surface area contributed by atoms with Crippen LogP contribution in [0.3, 0.4) is 0 Å². The number of carbonyl (C=O) groups excluding carboxylic acids is 1. The normalized spacial score (nSPS) is 10.1. The number of thiazole rings is 1. The second kappa shape index (κ2) is 5.64. The third kappa shape index (κ3) is 3.07. The van der Waals surface area contributed by atoms with Crippen LogP contribution in [0.15, 0.2) is 35.8 Å². The van der Waals surface area contributed by atoms with E-state index in [0.29, 0.717) is 12.3 Å². The standard InChI is InChI=1S/C13H14N2O2S/c1-10-12(18-9-14-10)8-15(2)13(16)17-11-6-4-3-5-7-11/h3-7,9H,8H2,1-2H3. The van der Waals surface area contributed by atoms with E-state index in [2.05, 4.69) is 4.98 Å². The van der Waals surface area contributed by atoms with E-state index in [-0.39, 0.29) is 6.09 Å². The first kappa shape index (κ1) is 12.6. The van der Waals surface area contributed by atoms with Gasteiger partial charge in [0.15, 0.2) is 0 Å². The number of nitrogens with zero attached hydrogens (tertiary/aromatic N) is 2. The lowest BCUT2D eigenvalue weighted by molar-refractivity contribution is 0.161. The number of aryl methyl sites for hydroxylation is 1. The summed E-state index contributed by atoms with van der Waals surface area (Å²) in [6.45, 7) is 2.45. The summed E-state index contributed by atoms with van der Waals surface area (Å²) in [6, 6.07) is 9.04. The van der Waals surface area contributed by atoms with Gasteiger partial charge in [-0.15, -0.1) is 11.3 Å². The van der Waals surface area contributed by atoms with E-state index in [9.17, 15) is 4.79 Å². The van der Waals surface area contributed by atoms with E-state index >= 15 is 0 Å². The zero-order chi connectivity index (χ0) is 13.0. The minimum Gasteiger partial charge on any atom is -0.410 e. The molecule has 1 heterocycles. The molecule has 0 N–H and O–H groups in total. The van der Waals surface area contributed by atoms with Crippen LogP contribution in [0.4, 0.5) is 4.79 Å². The molecule has 4 nitrogen and oxygen atoms in total. The van der Waals surface area contributed by atoms with Crippen LogP contribution in [0.5, 0.6) is 5.75 Å². The highest BCUT2D eigenvalue weighted by atomic mass is 32.1. The fourth-order valence-electron chi connectivity index (χ4n) is 1.43. The molecule has 1 aromatic carbocycles. The van der Waals surface area contributed by atoms with Crippen molar-refractivity contribution in [3.05, 3.63) is 46.4 Å². The molecule has 94 valence electrons. The molecular formula is C13H14N2O2S. The molecule has 1 aromatic heterocycles. The van der Waals surface area contributed by atoms with Crippen LogP contribution in [-0.2, 0) is 6.54 Å². The molecule has 2 rings (SSSR count). The van der Waals surface area contributed by atoms with Gasteiger partial charge in [0.25, 0.3) is 0 Å². The Morgan fingerprint density at radius 2 is 2.11 bits per heavy atom. The molecule has 0 aliphatic rings. The maximum absolute atomic E-state index is 11.8. The highest BCUT2D eigenvalue weighted by molar-refractivity contribution is 7.09. The van der Waals surface area contributed by atoms with Crippen LogP contribution in [0.25, 0.3) is 0 Å². The Balaban J connectivity index is 1.95. The third-order valence-electron chi connectivity index (χ3n) is 2.49. The van der Waals surface area contributed by atoms with Gasteiger partial charge < -0.3 is 9.64 Å². The summed E-state index contributed by atoms with van der Waals surface area (Å²) >= 11 is 1.54. The molecule has 0 aliphatic heterocycles. The highest BCUT2D eigenvalue weighted by Gasteiger charge is 2.13. The summed E-state index contributed by atoms with van der Waals surface area (Å²) in [6.07, 6.45) is -0.367. The molecule has 0 aliphatic carbocycles. The van der Waals surface area contributed by atoms with Crippen molar-refractivity contribution in [2.75, 3.05) is 7.05 Å². The van der Waals surface area contributed by atoms with Crippen molar-refractivity contribution in [2.45, 2.75) is 13.5 Å². The van der Waals surface area contributed by atoms with E-state index in [4.69, 9.17) is 4.74 Å². The van der Waals surface area contributed by atoms with Gasteiger partial charge in [-0.2, -0.15) is 0 Å². The van der Waals surface area contributed by atoms with Crippen molar-refractivity contribution in [1.82, 2.24) is 9.88 Å². The van der Waals surface area contributed by atoms with Crippen molar-refractivity contribution in [1.29, 1.82) is 0 Å². The summed E-state index contributed by atoms with van der Waals surface area (Å²) < 4.78 is 5.24. The molecule has 18 heavy (non-hydrogen) atoms. The second-order valence-electron chi connectivity index (χ2n) is 3.90. The van der Waals surface area contributed by atoms with E-state index in [0.717, 1.165) is 10.6 Å². The minimum absolute atomic E-state index is 0.367. The number of rotatable bonds is 3. The lowest BCUT2D eigenvalue weighted by Crippen LogP contribution is -2.29. The van der Waals surface area contributed by atoms with Crippen molar-refractivity contribution >= 4 is 17.4 Å². The second-order valence-corrected chi connectivity index (χ2v) is 4.84. The number of ether oxygens (including phenoxy) is 1. The summed E-state index contributed by atoms with van der Waals surface area (Å²) in [7, 11) is 1.71. The fourth-order valence-corrected chi connectivity index (χ4v) is 2.25. The van der Waals surface area contributed by atoms with E-state index < -0.39 is 0 Å². The number of aromatic nitrogens is 1. The van der Waals surface area contributed by atoms with E-state index in [1.165, 1.54) is 4.90 Å².